The van der Waals surface area contributed by atoms with Crippen LogP contribution in [-0.4, -0.2) is 19.8 Å². The summed E-state index contributed by atoms with van der Waals surface area (Å²) in [4.78, 5) is 0. The van der Waals surface area contributed by atoms with Crippen LogP contribution >= 0.6 is 0 Å². The Morgan fingerprint density at radius 3 is 2.03 bits per heavy atom. The van der Waals surface area contributed by atoms with Gasteiger partial charge in [-0.2, -0.15) is 0 Å². The summed E-state index contributed by atoms with van der Waals surface area (Å²) in [7, 11) is 0. The van der Waals surface area contributed by atoms with Crippen LogP contribution in [0.3, 0.4) is 0 Å². The van der Waals surface area contributed by atoms with Gasteiger partial charge in [-0.15, -0.1) is 0 Å². The number of hydrogen-bond acceptors (Lipinski definition) is 4. The first-order chi connectivity index (χ1) is 14.3. The monoisotopic (exact) mass is 391 g/mol. The molecular formula is C25H29NO3. The van der Waals surface area contributed by atoms with Crippen molar-refractivity contribution >= 4 is 5.69 Å². The van der Waals surface area contributed by atoms with Crippen LogP contribution in [0.2, 0.25) is 0 Å². The molecule has 0 saturated heterocycles. The maximum atomic E-state index is 5.88. The fourth-order valence-corrected chi connectivity index (χ4v) is 2.80. The first-order valence-electron chi connectivity index (χ1n) is 10.2. The standard InChI is InChI=1S/C25H29NO3/c1-2-3-17-29-25-12-8-7-11-24(25)26-20-21-13-15-23(16-14-21)28-19-18-27-22-9-5-4-6-10-22/h4-16,26H,2-3,17-20H2,1H3. The molecule has 1 N–H and O–H groups in total. The predicted octanol–water partition coefficient (Wildman–Crippen LogP) is 5.94. The number of para-hydroxylation sites is 3. The molecule has 29 heavy (non-hydrogen) atoms. The quantitative estimate of drug-likeness (QED) is 0.388. The molecular weight excluding hydrogens is 362 g/mol. The molecule has 3 rings (SSSR count). The topological polar surface area (TPSA) is 39.7 Å². The zero-order chi connectivity index (χ0) is 20.2. The highest BCUT2D eigenvalue weighted by Gasteiger charge is 2.03. The number of nitrogens with one attached hydrogen (secondary N) is 1. The van der Waals surface area contributed by atoms with Crippen LogP contribution in [0, 0.1) is 0 Å². The maximum absolute atomic E-state index is 5.88. The molecule has 0 aliphatic heterocycles. The van der Waals surface area contributed by atoms with Crippen molar-refractivity contribution in [3.63, 3.8) is 0 Å². The van der Waals surface area contributed by atoms with Crippen LogP contribution in [0.5, 0.6) is 17.2 Å². The Hall–Kier alpha value is -3.14. The number of anilines is 1. The Bertz CT molecular complexity index is 834. The van der Waals surface area contributed by atoms with Gasteiger partial charge in [0.15, 0.2) is 0 Å². The fourth-order valence-electron chi connectivity index (χ4n) is 2.80. The van der Waals surface area contributed by atoms with E-state index in [0.29, 0.717) is 13.2 Å². The molecule has 0 aliphatic carbocycles. The summed E-state index contributed by atoms with van der Waals surface area (Å²) in [6.45, 7) is 4.66. The predicted molar refractivity (Wildman–Crippen MR) is 118 cm³/mol. The zero-order valence-electron chi connectivity index (χ0n) is 17.0. The highest BCUT2D eigenvalue weighted by molar-refractivity contribution is 5.56. The number of rotatable bonds is 12. The van der Waals surface area contributed by atoms with Crippen LogP contribution in [0.1, 0.15) is 25.3 Å². The Morgan fingerprint density at radius 2 is 1.31 bits per heavy atom. The first kappa shape index (κ1) is 20.6. The normalized spacial score (nSPS) is 10.4. The van der Waals surface area contributed by atoms with Gasteiger partial charge in [-0.3, -0.25) is 0 Å². The summed E-state index contributed by atoms with van der Waals surface area (Å²) in [6, 6.07) is 26.0. The third kappa shape index (κ3) is 7.07. The van der Waals surface area contributed by atoms with E-state index in [-0.39, 0.29) is 0 Å². The van der Waals surface area contributed by atoms with Crippen molar-refractivity contribution < 1.29 is 14.2 Å². The van der Waals surface area contributed by atoms with Gasteiger partial charge >= 0.3 is 0 Å². The van der Waals surface area contributed by atoms with E-state index in [2.05, 4.69) is 24.4 Å². The Balaban J connectivity index is 1.42. The van der Waals surface area contributed by atoms with Gasteiger partial charge in [0.25, 0.3) is 0 Å². The third-order valence-electron chi connectivity index (χ3n) is 4.41. The van der Waals surface area contributed by atoms with E-state index in [0.717, 1.165) is 48.9 Å². The van der Waals surface area contributed by atoms with E-state index in [1.54, 1.807) is 0 Å². The molecule has 0 atom stereocenters. The maximum Gasteiger partial charge on any atom is 0.142 e. The van der Waals surface area contributed by atoms with Crippen LogP contribution in [0.4, 0.5) is 5.69 Å². The Labute approximate surface area is 173 Å². The van der Waals surface area contributed by atoms with Gasteiger partial charge in [0, 0.05) is 6.54 Å². The molecule has 0 radical (unpaired) electrons. The van der Waals surface area contributed by atoms with Crippen molar-refractivity contribution in [2.24, 2.45) is 0 Å². The molecule has 0 aromatic heterocycles. The minimum Gasteiger partial charge on any atom is -0.491 e. The molecule has 4 heteroatoms. The van der Waals surface area contributed by atoms with Crippen molar-refractivity contribution in [2.45, 2.75) is 26.3 Å². The number of ether oxygens (including phenoxy) is 3. The van der Waals surface area contributed by atoms with Gasteiger partial charge in [-0.1, -0.05) is 55.8 Å². The summed E-state index contributed by atoms with van der Waals surface area (Å²) < 4.78 is 17.3. The second-order valence-corrected chi connectivity index (χ2v) is 6.71. The van der Waals surface area contributed by atoms with Crippen molar-refractivity contribution in [2.75, 3.05) is 25.1 Å². The van der Waals surface area contributed by atoms with E-state index < -0.39 is 0 Å². The molecule has 0 amide bonds. The van der Waals surface area contributed by atoms with Gasteiger partial charge in [-0.25, -0.2) is 0 Å². The molecule has 0 heterocycles. The number of unbranched alkanes of at least 4 members (excludes halogenated alkanes) is 1. The largest absolute Gasteiger partial charge is 0.491 e. The molecule has 152 valence electrons. The van der Waals surface area contributed by atoms with Crippen molar-refractivity contribution in [3.05, 3.63) is 84.4 Å². The molecule has 0 saturated carbocycles. The molecule has 0 bridgehead atoms. The van der Waals surface area contributed by atoms with Crippen LogP contribution < -0.4 is 19.5 Å². The summed E-state index contributed by atoms with van der Waals surface area (Å²) in [5, 5.41) is 3.46. The minimum atomic E-state index is 0.509. The van der Waals surface area contributed by atoms with Crippen molar-refractivity contribution in [1.82, 2.24) is 0 Å². The van der Waals surface area contributed by atoms with Gasteiger partial charge in [0.05, 0.1) is 12.3 Å². The van der Waals surface area contributed by atoms with E-state index in [9.17, 15) is 0 Å². The highest BCUT2D eigenvalue weighted by Crippen LogP contribution is 2.25. The fraction of sp³-hybridized carbons (Fsp3) is 0.280. The lowest BCUT2D eigenvalue weighted by Gasteiger charge is -2.13. The van der Waals surface area contributed by atoms with Gasteiger partial charge in [-0.05, 0) is 48.4 Å². The molecule has 3 aromatic rings. The van der Waals surface area contributed by atoms with Gasteiger partial charge < -0.3 is 19.5 Å². The van der Waals surface area contributed by atoms with Gasteiger partial charge in [0.1, 0.15) is 30.5 Å². The molecule has 0 unspecified atom stereocenters. The van der Waals surface area contributed by atoms with Crippen molar-refractivity contribution in [1.29, 1.82) is 0 Å². The van der Waals surface area contributed by atoms with Crippen LogP contribution in [0.15, 0.2) is 78.9 Å². The summed E-state index contributed by atoms with van der Waals surface area (Å²) >= 11 is 0. The second-order valence-electron chi connectivity index (χ2n) is 6.71. The SMILES string of the molecule is CCCCOc1ccccc1NCc1ccc(OCCOc2ccccc2)cc1. The zero-order valence-corrected chi connectivity index (χ0v) is 17.0. The number of benzene rings is 3. The molecule has 4 nitrogen and oxygen atoms in total. The van der Waals surface area contributed by atoms with Crippen LogP contribution in [0.25, 0.3) is 0 Å². The van der Waals surface area contributed by atoms with E-state index >= 15 is 0 Å². The summed E-state index contributed by atoms with van der Waals surface area (Å²) in [5.74, 6) is 2.60. The lowest BCUT2D eigenvalue weighted by Crippen LogP contribution is -2.09. The van der Waals surface area contributed by atoms with E-state index in [4.69, 9.17) is 14.2 Å². The summed E-state index contributed by atoms with van der Waals surface area (Å²) in [5.41, 5.74) is 2.20. The summed E-state index contributed by atoms with van der Waals surface area (Å²) in [6.07, 6.45) is 2.19. The molecule has 0 aliphatic rings. The van der Waals surface area contributed by atoms with Crippen LogP contribution in [-0.2, 0) is 6.54 Å². The molecule has 3 aromatic carbocycles. The van der Waals surface area contributed by atoms with Gasteiger partial charge in [0.2, 0.25) is 0 Å². The lowest BCUT2D eigenvalue weighted by molar-refractivity contribution is 0.217. The Morgan fingerprint density at radius 1 is 0.655 bits per heavy atom. The average molecular weight is 392 g/mol. The van der Waals surface area contributed by atoms with E-state index in [1.165, 1.54) is 5.56 Å². The lowest BCUT2D eigenvalue weighted by atomic mass is 10.2. The molecule has 0 spiro atoms. The molecule has 0 fully saturated rings. The smallest absolute Gasteiger partial charge is 0.142 e. The highest BCUT2D eigenvalue weighted by atomic mass is 16.5. The Kier molecular flexibility index (Phi) is 8.27. The second kappa shape index (κ2) is 11.6. The van der Waals surface area contributed by atoms with Crippen molar-refractivity contribution in [3.8, 4) is 17.2 Å². The minimum absolute atomic E-state index is 0.509. The van der Waals surface area contributed by atoms with E-state index in [1.807, 2.05) is 66.7 Å². The first-order valence-corrected chi connectivity index (χ1v) is 10.2. The number of hydrogen-bond donors (Lipinski definition) is 1. The average Bonchev–Trinajstić information content (AvgIpc) is 2.78. The third-order valence-corrected chi connectivity index (χ3v) is 4.41.